The molecule has 0 saturated heterocycles. The van der Waals surface area contributed by atoms with E-state index in [1.54, 1.807) is 0 Å². The van der Waals surface area contributed by atoms with Gasteiger partial charge in [0.05, 0.1) is 6.10 Å². The van der Waals surface area contributed by atoms with E-state index in [2.05, 4.69) is 32.7 Å². The van der Waals surface area contributed by atoms with E-state index in [-0.39, 0.29) is 6.10 Å². The van der Waals surface area contributed by atoms with Crippen LogP contribution in [0.2, 0.25) is 0 Å². The van der Waals surface area contributed by atoms with Gasteiger partial charge in [0.1, 0.15) is 0 Å². The molecule has 1 N–H and O–H groups in total. The molecule has 2 aliphatic carbocycles. The van der Waals surface area contributed by atoms with Gasteiger partial charge in [-0.1, -0.05) is 33.6 Å². The quantitative estimate of drug-likeness (QED) is 0.815. The van der Waals surface area contributed by atoms with Crippen LogP contribution in [0.1, 0.15) is 65.7 Å². The maximum absolute atomic E-state index is 10.0. The van der Waals surface area contributed by atoms with Crippen LogP contribution >= 0.6 is 0 Å². The van der Waals surface area contributed by atoms with Crippen LogP contribution in [0.5, 0.6) is 0 Å². The lowest BCUT2D eigenvalue weighted by atomic mass is 9.67. The van der Waals surface area contributed by atoms with Gasteiger partial charge in [-0.3, -0.25) is 0 Å². The van der Waals surface area contributed by atoms with Crippen molar-refractivity contribution in [3.63, 3.8) is 0 Å². The fraction of sp³-hybridized carbons (Fsp3) is 1.00. The van der Waals surface area contributed by atoms with Crippen molar-refractivity contribution in [3.05, 3.63) is 0 Å². The van der Waals surface area contributed by atoms with Crippen molar-refractivity contribution in [1.82, 2.24) is 4.90 Å². The van der Waals surface area contributed by atoms with E-state index >= 15 is 0 Å². The van der Waals surface area contributed by atoms with Gasteiger partial charge in [0.25, 0.3) is 0 Å². The molecule has 2 aliphatic rings. The monoisotopic (exact) mass is 253 g/mol. The fourth-order valence-corrected chi connectivity index (χ4v) is 4.41. The van der Waals surface area contributed by atoms with Crippen LogP contribution in [-0.2, 0) is 0 Å². The zero-order valence-electron chi connectivity index (χ0n) is 12.7. The first-order chi connectivity index (χ1) is 8.32. The summed E-state index contributed by atoms with van der Waals surface area (Å²) in [5.74, 6) is 0. The van der Waals surface area contributed by atoms with Gasteiger partial charge in [-0.2, -0.15) is 0 Å². The molecule has 2 fully saturated rings. The van der Waals surface area contributed by atoms with E-state index in [4.69, 9.17) is 0 Å². The average molecular weight is 253 g/mol. The molecule has 2 unspecified atom stereocenters. The normalized spacial score (nSPS) is 32.3. The largest absolute Gasteiger partial charge is 0.393 e. The van der Waals surface area contributed by atoms with Crippen LogP contribution in [0.3, 0.4) is 0 Å². The molecular weight excluding hydrogens is 222 g/mol. The lowest BCUT2D eigenvalue weighted by molar-refractivity contribution is -0.0259. The third-order valence-electron chi connectivity index (χ3n) is 5.03. The molecule has 0 radical (unpaired) electrons. The van der Waals surface area contributed by atoms with Crippen molar-refractivity contribution in [2.45, 2.75) is 77.9 Å². The molecule has 2 saturated carbocycles. The number of rotatable bonds is 2. The van der Waals surface area contributed by atoms with Crippen LogP contribution < -0.4 is 0 Å². The van der Waals surface area contributed by atoms with Crippen LogP contribution in [0.25, 0.3) is 0 Å². The van der Waals surface area contributed by atoms with Crippen LogP contribution in [0, 0.1) is 10.8 Å². The van der Waals surface area contributed by atoms with Gasteiger partial charge in [-0.05, 0) is 50.0 Å². The SMILES string of the molecule is CN(CC(C)(C)C)C1CC(O)CCC12CCCC2. The Balaban J connectivity index is 2.10. The average Bonchev–Trinajstić information content (AvgIpc) is 2.69. The van der Waals surface area contributed by atoms with Gasteiger partial charge in [-0.25, -0.2) is 0 Å². The zero-order chi connectivity index (χ0) is 13.4. The first kappa shape index (κ1) is 14.3. The van der Waals surface area contributed by atoms with E-state index in [1.807, 2.05) is 0 Å². The minimum absolute atomic E-state index is 0.0661. The standard InChI is InChI=1S/C16H31NO/c1-15(2,3)12-17(4)14-11-13(18)7-10-16(14)8-5-6-9-16/h13-14,18H,5-12H2,1-4H3. The van der Waals surface area contributed by atoms with Gasteiger partial charge in [0.2, 0.25) is 0 Å². The highest BCUT2D eigenvalue weighted by atomic mass is 16.3. The van der Waals surface area contributed by atoms with Crippen molar-refractivity contribution in [2.75, 3.05) is 13.6 Å². The van der Waals surface area contributed by atoms with Crippen molar-refractivity contribution < 1.29 is 5.11 Å². The highest BCUT2D eigenvalue weighted by molar-refractivity contribution is 5.00. The van der Waals surface area contributed by atoms with Gasteiger partial charge < -0.3 is 10.0 Å². The second-order valence-electron chi connectivity index (χ2n) is 7.99. The van der Waals surface area contributed by atoms with Gasteiger partial charge in [-0.15, -0.1) is 0 Å². The molecule has 18 heavy (non-hydrogen) atoms. The predicted molar refractivity (Wildman–Crippen MR) is 76.6 cm³/mol. The Hall–Kier alpha value is -0.0800. The summed E-state index contributed by atoms with van der Waals surface area (Å²) in [6, 6.07) is 0.600. The second-order valence-corrected chi connectivity index (χ2v) is 7.99. The first-order valence-corrected chi connectivity index (χ1v) is 7.71. The van der Waals surface area contributed by atoms with Crippen molar-refractivity contribution in [3.8, 4) is 0 Å². The van der Waals surface area contributed by atoms with E-state index in [0.29, 0.717) is 16.9 Å². The Kier molecular flexibility index (Phi) is 4.08. The van der Waals surface area contributed by atoms with E-state index in [0.717, 1.165) is 19.4 Å². The third-order valence-corrected chi connectivity index (χ3v) is 5.03. The summed E-state index contributed by atoms with van der Waals surface area (Å²) in [5, 5.41) is 10.0. The molecule has 2 rings (SSSR count). The molecule has 0 aliphatic heterocycles. The van der Waals surface area contributed by atoms with Gasteiger partial charge >= 0.3 is 0 Å². The summed E-state index contributed by atoms with van der Waals surface area (Å²) >= 11 is 0. The molecule has 0 amide bonds. The lowest BCUT2D eigenvalue weighted by Gasteiger charge is -2.49. The lowest BCUT2D eigenvalue weighted by Crippen LogP contribution is -2.52. The van der Waals surface area contributed by atoms with Gasteiger partial charge in [0.15, 0.2) is 0 Å². The van der Waals surface area contributed by atoms with E-state index in [9.17, 15) is 5.11 Å². The van der Waals surface area contributed by atoms with Crippen LogP contribution in [0.4, 0.5) is 0 Å². The molecule has 0 heterocycles. The van der Waals surface area contributed by atoms with E-state index < -0.39 is 0 Å². The minimum atomic E-state index is -0.0661. The van der Waals surface area contributed by atoms with Crippen LogP contribution in [-0.4, -0.2) is 35.7 Å². The topological polar surface area (TPSA) is 23.5 Å². The smallest absolute Gasteiger partial charge is 0.0555 e. The third kappa shape index (κ3) is 3.08. The number of nitrogens with zero attached hydrogens (tertiary/aromatic N) is 1. The molecule has 106 valence electrons. The molecule has 0 aromatic carbocycles. The minimum Gasteiger partial charge on any atom is -0.393 e. The zero-order valence-corrected chi connectivity index (χ0v) is 12.7. The maximum atomic E-state index is 10.0. The molecule has 0 aromatic rings. The molecule has 0 bridgehead atoms. The van der Waals surface area contributed by atoms with Gasteiger partial charge in [0, 0.05) is 12.6 Å². The Morgan fingerprint density at radius 3 is 2.33 bits per heavy atom. The summed E-state index contributed by atoms with van der Waals surface area (Å²) in [6.07, 6.45) is 8.77. The molecule has 2 nitrogen and oxygen atoms in total. The van der Waals surface area contributed by atoms with E-state index in [1.165, 1.54) is 32.1 Å². The molecule has 0 aromatic heterocycles. The summed E-state index contributed by atoms with van der Waals surface area (Å²) in [4.78, 5) is 2.55. The number of aliphatic hydroxyl groups excluding tert-OH is 1. The molecule has 2 heteroatoms. The Morgan fingerprint density at radius 1 is 1.17 bits per heavy atom. The van der Waals surface area contributed by atoms with Crippen molar-refractivity contribution >= 4 is 0 Å². The second kappa shape index (κ2) is 5.13. The first-order valence-electron chi connectivity index (χ1n) is 7.71. The predicted octanol–water partition coefficient (Wildman–Crippen LogP) is 3.44. The summed E-state index contributed by atoms with van der Waals surface area (Å²) < 4.78 is 0. The molecule has 2 atom stereocenters. The Labute approximate surface area is 113 Å². The highest BCUT2D eigenvalue weighted by Crippen LogP contribution is 2.50. The summed E-state index contributed by atoms with van der Waals surface area (Å²) in [7, 11) is 2.27. The van der Waals surface area contributed by atoms with Crippen molar-refractivity contribution in [1.29, 1.82) is 0 Å². The molecule has 1 spiro atoms. The van der Waals surface area contributed by atoms with Crippen LogP contribution in [0.15, 0.2) is 0 Å². The highest BCUT2D eigenvalue weighted by Gasteiger charge is 2.46. The summed E-state index contributed by atoms with van der Waals surface area (Å²) in [6.45, 7) is 8.06. The van der Waals surface area contributed by atoms with Crippen molar-refractivity contribution in [2.24, 2.45) is 10.8 Å². The molecular formula is C16H31NO. The number of hydrogen-bond donors (Lipinski definition) is 1. The number of hydrogen-bond acceptors (Lipinski definition) is 2. The number of aliphatic hydroxyl groups is 1. The summed E-state index contributed by atoms with van der Waals surface area (Å²) in [5.41, 5.74) is 0.871. The Bertz CT molecular complexity index is 275. The Morgan fingerprint density at radius 2 is 1.78 bits per heavy atom. The maximum Gasteiger partial charge on any atom is 0.0555 e. The fourth-order valence-electron chi connectivity index (χ4n) is 4.41.